The second-order valence-corrected chi connectivity index (χ2v) is 6.81. The molecule has 1 atom stereocenters. The van der Waals surface area contributed by atoms with Crippen molar-refractivity contribution < 1.29 is 19.0 Å². The van der Waals surface area contributed by atoms with Crippen molar-refractivity contribution in [3.05, 3.63) is 42.1 Å². The lowest BCUT2D eigenvalue weighted by molar-refractivity contribution is -0.141. The predicted octanol–water partition coefficient (Wildman–Crippen LogP) is 3.41. The predicted molar refractivity (Wildman–Crippen MR) is 119 cm³/mol. The molecular weight excluding hydrogens is 398 g/mol. The first-order valence-corrected chi connectivity index (χ1v) is 10.0. The van der Waals surface area contributed by atoms with Crippen LogP contribution in [0.3, 0.4) is 0 Å². The van der Waals surface area contributed by atoms with Crippen LogP contribution in [0.25, 0.3) is 11.0 Å². The third-order valence-corrected chi connectivity index (χ3v) is 4.76. The van der Waals surface area contributed by atoms with E-state index in [1.807, 2.05) is 31.2 Å². The van der Waals surface area contributed by atoms with Crippen molar-refractivity contribution in [1.29, 1.82) is 0 Å². The van der Waals surface area contributed by atoms with Gasteiger partial charge in [-0.1, -0.05) is 13.3 Å². The van der Waals surface area contributed by atoms with E-state index in [1.165, 1.54) is 7.11 Å². The van der Waals surface area contributed by atoms with Gasteiger partial charge in [0.05, 0.1) is 26.8 Å². The second kappa shape index (κ2) is 10.4. The maximum absolute atomic E-state index is 12.2. The molecule has 0 spiro atoms. The maximum atomic E-state index is 12.2. The highest BCUT2D eigenvalue weighted by Gasteiger charge is 2.21. The van der Waals surface area contributed by atoms with Gasteiger partial charge in [-0.05, 0) is 30.7 Å². The number of benzene rings is 1. The van der Waals surface area contributed by atoms with E-state index in [4.69, 9.17) is 14.2 Å². The van der Waals surface area contributed by atoms with Gasteiger partial charge in [0.15, 0.2) is 5.82 Å². The summed E-state index contributed by atoms with van der Waals surface area (Å²) in [6.07, 6.45) is 3.08. The van der Waals surface area contributed by atoms with Crippen molar-refractivity contribution in [2.45, 2.75) is 32.4 Å². The Balaban J connectivity index is 1.89. The zero-order valence-electron chi connectivity index (χ0n) is 18.1. The van der Waals surface area contributed by atoms with Crippen LogP contribution < -0.4 is 20.1 Å². The summed E-state index contributed by atoms with van der Waals surface area (Å²) in [7, 11) is 4.59. The van der Waals surface area contributed by atoms with Crippen LogP contribution >= 0.6 is 0 Å². The summed E-state index contributed by atoms with van der Waals surface area (Å²) in [4.78, 5) is 25.7. The van der Waals surface area contributed by atoms with Gasteiger partial charge < -0.3 is 24.8 Å². The molecule has 31 heavy (non-hydrogen) atoms. The summed E-state index contributed by atoms with van der Waals surface area (Å²) in [5.74, 6) is 1.94. The van der Waals surface area contributed by atoms with Crippen molar-refractivity contribution in [3.8, 4) is 11.5 Å². The van der Waals surface area contributed by atoms with E-state index in [0.29, 0.717) is 47.3 Å². The molecule has 9 nitrogen and oxygen atoms in total. The minimum absolute atomic E-state index is 0.345. The van der Waals surface area contributed by atoms with E-state index < -0.39 is 6.04 Å². The molecule has 3 aromatic rings. The van der Waals surface area contributed by atoms with Gasteiger partial charge in [-0.25, -0.2) is 9.78 Å². The maximum Gasteiger partial charge on any atom is 0.328 e. The summed E-state index contributed by atoms with van der Waals surface area (Å²) >= 11 is 0. The number of carbonyl (C=O) groups excluding carboxylic acids is 1. The number of hydrogen-bond donors (Lipinski definition) is 2. The first-order valence-electron chi connectivity index (χ1n) is 10.0. The number of fused-ring (bicyclic) bond motifs is 1. The Morgan fingerprint density at radius 3 is 2.68 bits per heavy atom. The molecule has 0 aliphatic heterocycles. The largest absolute Gasteiger partial charge is 0.497 e. The van der Waals surface area contributed by atoms with Crippen molar-refractivity contribution in [2.75, 3.05) is 32.0 Å². The first-order chi connectivity index (χ1) is 15.1. The van der Waals surface area contributed by atoms with E-state index in [0.717, 1.165) is 12.0 Å². The monoisotopic (exact) mass is 425 g/mol. The van der Waals surface area contributed by atoms with Crippen LogP contribution in [-0.4, -0.2) is 48.3 Å². The number of pyridine rings is 1. The Kier molecular flexibility index (Phi) is 7.42. The quantitative estimate of drug-likeness (QED) is 0.472. The van der Waals surface area contributed by atoms with Gasteiger partial charge in [0.25, 0.3) is 0 Å². The van der Waals surface area contributed by atoms with Gasteiger partial charge in [-0.3, -0.25) is 4.98 Å². The van der Waals surface area contributed by atoms with E-state index in [2.05, 4.69) is 25.6 Å². The van der Waals surface area contributed by atoms with Crippen LogP contribution in [-0.2, 0) is 16.1 Å². The molecule has 0 radical (unpaired) electrons. The minimum Gasteiger partial charge on any atom is -0.497 e. The number of carbonyl (C=O) groups is 1. The number of esters is 1. The van der Waals surface area contributed by atoms with Crippen LogP contribution in [0.1, 0.15) is 25.3 Å². The minimum atomic E-state index is -0.523. The topological polar surface area (TPSA) is 107 Å². The van der Waals surface area contributed by atoms with Crippen molar-refractivity contribution in [3.63, 3.8) is 0 Å². The summed E-state index contributed by atoms with van der Waals surface area (Å²) in [6, 6.07) is 8.73. The number of nitrogens with one attached hydrogen (secondary N) is 2. The van der Waals surface area contributed by atoms with Gasteiger partial charge in [0.1, 0.15) is 23.1 Å². The van der Waals surface area contributed by atoms with Crippen molar-refractivity contribution in [1.82, 2.24) is 15.0 Å². The van der Waals surface area contributed by atoms with Gasteiger partial charge in [0.2, 0.25) is 5.95 Å². The van der Waals surface area contributed by atoms with Gasteiger partial charge in [-0.2, -0.15) is 4.98 Å². The molecular formula is C22H27N5O4. The number of hydrogen-bond acceptors (Lipinski definition) is 9. The molecule has 9 heteroatoms. The van der Waals surface area contributed by atoms with Crippen molar-refractivity contribution in [2.24, 2.45) is 0 Å². The molecule has 2 aromatic heterocycles. The average molecular weight is 425 g/mol. The molecule has 0 amide bonds. The fourth-order valence-corrected chi connectivity index (χ4v) is 3.16. The Morgan fingerprint density at radius 1 is 1.13 bits per heavy atom. The molecule has 0 saturated carbocycles. The smallest absolute Gasteiger partial charge is 0.328 e. The zero-order valence-corrected chi connectivity index (χ0v) is 18.1. The Hall–Kier alpha value is -3.62. The fourth-order valence-electron chi connectivity index (χ4n) is 3.16. The third kappa shape index (κ3) is 5.30. The Morgan fingerprint density at radius 2 is 1.97 bits per heavy atom. The molecule has 0 aliphatic rings. The molecule has 2 N–H and O–H groups in total. The molecule has 0 bridgehead atoms. The average Bonchev–Trinajstić information content (AvgIpc) is 2.81. The Bertz CT molecular complexity index is 1040. The fraction of sp³-hybridized carbons (Fsp3) is 0.364. The van der Waals surface area contributed by atoms with Gasteiger partial charge in [-0.15, -0.1) is 0 Å². The SMILES string of the molecule is CCCC(Nc1nc(NCc2ccc(OC)cc2OC)nc2cccnc12)C(=O)OC. The number of methoxy groups -OCH3 is 3. The lowest BCUT2D eigenvalue weighted by Gasteiger charge is -2.18. The highest BCUT2D eigenvalue weighted by atomic mass is 16.5. The molecule has 0 saturated heterocycles. The molecule has 1 unspecified atom stereocenters. The van der Waals surface area contributed by atoms with E-state index in [-0.39, 0.29) is 5.97 Å². The number of anilines is 2. The summed E-state index contributed by atoms with van der Waals surface area (Å²) < 4.78 is 15.6. The van der Waals surface area contributed by atoms with Crippen LogP contribution in [0.4, 0.5) is 11.8 Å². The number of nitrogens with zero attached hydrogens (tertiary/aromatic N) is 3. The molecule has 2 heterocycles. The zero-order chi connectivity index (χ0) is 22.2. The summed E-state index contributed by atoms with van der Waals surface area (Å²) in [5, 5.41) is 6.41. The van der Waals surface area contributed by atoms with Crippen LogP contribution in [0.5, 0.6) is 11.5 Å². The Labute approximate surface area is 181 Å². The second-order valence-electron chi connectivity index (χ2n) is 6.81. The molecule has 1 aromatic carbocycles. The molecule has 0 fully saturated rings. The van der Waals surface area contributed by atoms with Gasteiger partial charge >= 0.3 is 5.97 Å². The highest BCUT2D eigenvalue weighted by Crippen LogP contribution is 2.26. The number of rotatable bonds is 10. The van der Waals surface area contributed by atoms with E-state index in [9.17, 15) is 4.79 Å². The lowest BCUT2D eigenvalue weighted by atomic mass is 10.1. The van der Waals surface area contributed by atoms with Crippen LogP contribution in [0, 0.1) is 0 Å². The van der Waals surface area contributed by atoms with Crippen molar-refractivity contribution >= 4 is 28.8 Å². The number of aromatic nitrogens is 3. The van der Waals surface area contributed by atoms with E-state index in [1.54, 1.807) is 26.5 Å². The highest BCUT2D eigenvalue weighted by molar-refractivity contribution is 5.88. The molecule has 3 rings (SSSR count). The normalized spacial score (nSPS) is 11.6. The van der Waals surface area contributed by atoms with Crippen LogP contribution in [0.2, 0.25) is 0 Å². The summed E-state index contributed by atoms with van der Waals surface area (Å²) in [5.41, 5.74) is 2.16. The van der Waals surface area contributed by atoms with Crippen LogP contribution in [0.15, 0.2) is 36.5 Å². The van der Waals surface area contributed by atoms with E-state index >= 15 is 0 Å². The number of ether oxygens (including phenoxy) is 3. The molecule has 0 aliphatic carbocycles. The third-order valence-electron chi connectivity index (χ3n) is 4.76. The van der Waals surface area contributed by atoms with Gasteiger partial charge in [0, 0.05) is 24.4 Å². The summed E-state index contributed by atoms with van der Waals surface area (Å²) in [6.45, 7) is 2.44. The first kappa shape index (κ1) is 22.1. The molecule has 164 valence electrons. The lowest BCUT2D eigenvalue weighted by Crippen LogP contribution is -2.31. The standard InChI is InChI=1S/C22H27N5O4/c1-5-7-17(21(28)31-4)25-20-19-16(8-6-11-23-19)26-22(27-20)24-13-14-9-10-15(29-2)12-18(14)30-3/h6,8-12,17H,5,7,13H2,1-4H3,(H2,24,25,26,27).